The summed E-state index contributed by atoms with van der Waals surface area (Å²) in [5.74, 6) is -0.101. The summed E-state index contributed by atoms with van der Waals surface area (Å²) >= 11 is 1.66. The SMILES string of the molecule is Cc1nn(Cc2ccccc2)c(C)c1C(=O)OCC(=O)NCCSc1ccccc1. The van der Waals surface area contributed by atoms with Crippen molar-refractivity contribution in [2.24, 2.45) is 0 Å². The monoisotopic (exact) mass is 423 g/mol. The molecule has 1 heterocycles. The van der Waals surface area contributed by atoms with E-state index in [1.54, 1.807) is 23.4 Å². The highest BCUT2D eigenvalue weighted by atomic mass is 32.2. The molecule has 156 valence electrons. The maximum atomic E-state index is 12.5. The summed E-state index contributed by atoms with van der Waals surface area (Å²) in [7, 11) is 0. The van der Waals surface area contributed by atoms with Gasteiger partial charge in [-0.15, -0.1) is 11.8 Å². The van der Waals surface area contributed by atoms with Crippen LogP contribution in [0.1, 0.15) is 27.3 Å². The van der Waals surface area contributed by atoms with Crippen molar-refractivity contribution in [3.8, 4) is 0 Å². The molecule has 0 unspecified atom stereocenters. The lowest BCUT2D eigenvalue weighted by atomic mass is 10.2. The highest BCUT2D eigenvalue weighted by molar-refractivity contribution is 7.99. The number of carbonyl (C=O) groups excluding carboxylic acids is 2. The van der Waals surface area contributed by atoms with Crippen molar-refractivity contribution in [2.45, 2.75) is 25.3 Å². The third kappa shape index (κ3) is 5.97. The molecule has 2 aromatic carbocycles. The third-order valence-corrected chi connectivity index (χ3v) is 5.55. The van der Waals surface area contributed by atoms with Crippen molar-refractivity contribution < 1.29 is 14.3 Å². The molecular formula is C23H25N3O3S. The molecule has 3 aromatic rings. The van der Waals surface area contributed by atoms with E-state index in [0.717, 1.165) is 21.9 Å². The summed E-state index contributed by atoms with van der Waals surface area (Å²) in [5, 5.41) is 7.22. The molecule has 0 bridgehead atoms. The van der Waals surface area contributed by atoms with Crippen LogP contribution in [0.3, 0.4) is 0 Å². The van der Waals surface area contributed by atoms with Crippen LogP contribution in [0.5, 0.6) is 0 Å². The molecule has 0 saturated carbocycles. The van der Waals surface area contributed by atoms with Crippen LogP contribution in [0.15, 0.2) is 65.6 Å². The van der Waals surface area contributed by atoms with E-state index in [0.29, 0.717) is 24.3 Å². The van der Waals surface area contributed by atoms with Crippen molar-refractivity contribution in [1.82, 2.24) is 15.1 Å². The van der Waals surface area contributed by atoms with Gasteiger partial charge in [0.1, 0.15) is 5.56 Å². The van der Waals surface area contributed by atoms with Gasteiger partial charge in [-0.1, -0.05) is 48.5 Å². The summed E-state index contributed by atoms with van der Waals surface area (Å²) in [6.07, 6.45) is 0. The Morgan fingerprint density at radius 3 is 2.40 bits per heavy atom. The Labute approximate surface area is 180 Å². The van der Waals surface area contributed by atoms with Crippen molar-refractivity contribution in [3.05, 3.63) is 83.2 Å². The summed E-state index contributed by atoms with van der Waals surface area (Å²) in [6.45, 7) is 4.37. The standard InChI is InChI=1S/C23H25N3O3S/c1-17-22(18(2)26(25-17)15-19-9-5-3-6-10-19)23(28)29-16-21(27)24-13-14-30-20-11-7-4-8-12-20/h3-12H,13-16H2,1-2H3,(H,24,27). The molecular weight excluding hydrogens is 398 g/mol. The van der Waals surface area contributed by atoms with Gasteiger partial charge in [0.05, 0.1) is 17.9 Å². The Bertz CT molecular complexity index is 988. The van der Waals surface area contributed by atoms with E-state index < -0.39 is 5.97 Å². The second-order valence-electron chi connectivity index (χ2n) is 6.78. The predicted molar refractivity (Wildman–Crippen MR) is 118 cm³/mol. The van der Waals surface area contributed by atoms with E-state index in [9.17, 15) is 9.59 Å². The number of carbonyl (C=O) groups is 2. The van der Waals surface area contributed by atoms with Gasteiger partial charge in [0.15, 0.2) is 6.61 Å². The largest absolute Gasteiger partial charge is 0.452 e. The van der Waals surface area contributed by atoms with Crippen LogP contribution >= 0.6 is 11.8 Å². The maximum absolute atomic E-state index is 12.5. The Hall–Kier alpha value is -3.06. The number of benzene rings is 2. The lowest BCUT2D eigenvalue weighted by molar-refractivity contribution is -0.124. The number of ether oxygens (including phenoxy) is 1. The zero-order valence-corrected chi connectivity index (χ0v) is 17.9. The van der Waals surface area contributed by atoms with Crippen molar-refractivity contribution in [3.63, 3.8) is 0 Å². The molecule has 0 aliphatic heterocycles. The van der Waals surface area contributed by atoms with Crippen LogP contribution in [0, 0.1) is 13.8 Å². The normalized spacial score (nSPS) is 10.6. The quantitative estimate of drug-likeness (QED) is 0.323. The molecule has 1 aromatic heterocycles. The maximum Gasteiger partial charge on any atom is 0.342 e. The van der Waals surface area contributed by atoms with Crippen LogP contribution in [0.25, 0.3) is 0 Å². The van der Waals surface area contributed by atoms with Gasteiger partial charge in [-0.05, 0) is 31.5 Å². The number of aromatic nitrogens is 2. The number of nitrogens with zero attached hydrogens (tertiary/aromatic N) is 2. The van der Waals surface area contributed by atoms with Gasteiger partial charge in [0.25, 0.3) is 5.91 Å². The van der Waals surface area contributed by atoms with Crippen LogP contribution in [0.4, 0.5) is 0 Å². The Morgan fingerprint density at radius 2 is 1.70 bits per heavy atom. The van der Waals surface area contributed by atoms with E-state index in [1.807, 2.05) is 67.6 Å². The van der Waals surface area contributed by atoms with E-state index in [4.69, 9.17) is 4.74 Å². The molecule has 6 nitrogen and oxygen atoms in total. The minimum Gasteiger partial charge on any atom is -0.452 e. The fraction of sp³-hybridized carbons (Fsp3) is 0.261. The molecule has 0 aliphatic rings. The molecule has 0 saturated heterocycles. The first-order chi connectivity index (χ1) is 14.5. The highest BCUT2D eigenvalue weighted by Gasteiger charge is 2.21. The molecule has 30 heavy (non-hydrogen) atoms. The van der Waals surface area contributed by atoms with Gasteiger partial charge in [0, 0.05) is 17.2 Å². The van der Waals surface area contributed by atoms with E-state index in [1.165, 1.54) is 0 Å². The Morgan fingerprint density at radius 1 is 1.03 bits per heavy atom. The average Bonchev–Trinajstić information content (AvgIpc) is 3.04. The van der Waals surface area contributed by atoms with Crippen LogP contribution in [-0.4, -0.2) is 40.6 Å². The first-order valence-electron chi connectivity index (χ1n) is 9.74. The number of esters is 1. The molecule has 0 radical (unpaired) electrons. The van der Waals surface area contributed by atoms with Gasteiger partial charge in [-0.3, -0.25) is 9.48 Å². The van der Waals surface area contributed by atoms with Crippen LogP contribution < -0.4 is 5.32 Å². The zero-order chi connectivity index (χ0) is 21.3. The number of rotatable bonds is 9. The fourth-order valence-corrected chi connectivity index (χ4v) is 3.82. The van der Waals surface area contributed by atoms with Gasteiger partial charge < -0.3 is 10.1 Å². The molecule has 3 rings (SSSR count). The van der Waals surface area contributed by atoms with Crippen molar-refractivity contribution >= 4 is 23.6 Å². The van der Waals surface area contributed by atoms with E-state index in [-0.39, 0.29) is 12.5 Å². The molecule has 0 spiro atoms. The molecule has 1 amide bonds. The second-order valence-corrected chi connectivity index (χ2v) is 7.94. The van der Waals surface area contributed by atoms with Gasteiger partial charge in [-0.2, -0.15) is 5.10 Å². The first-order valence-corrected chi connectivity index (χ1v) is 10.7. The summed E-state index contributed by atoms with van der Waals surface area (Å²) in [6, 6.07) is 19.9. The van der Waals surface area contributed by atoms with Gasteiger partial charge in [0.2, 0.25) is 0 Å². The van der Waals surface area contributed by atoms with Crippen molar-refractivity contribution in [1.29, 1.82) is 0 Å². The summed E-state index contributed by atoms with van der Waals surface area (Å²) in [4.78, 5) is 25.6. The van der Waals surface area contributed by atoms with Crippen LogP contribution in [0.2, 0.25) is 0 Å². The first kappa shape index (κ1) is 21.6. The second kappa shape index (κ2) is 10.6. The molecule has 0 aliphatic carbocycles. The summed E-state index contributed by atoms with van der Waals surface area (Å²) < 4.78 is 7.00. The topological polar surface area (TPSA) is 73.2 Å². The number of nitrogens with one attached hydrogen (secondary N) is 1. The van der Waals surface area contributed by atoms with E-state index >= 15 is 0 Å². The van der Waals surface area contributed by atoms with Gasteiger partial charge >= 0.3 is 5.97 Å². The van der Waals surface area contributed by atoms with Crippen molar-refractivity contribution in [2.75, 3.05) is 18.9 Å². The minimum absolute atomic E-state index is 0.308. The molecule has 0 fully saturated rings. The lowest BCUT2D eigenvalue weighted by Crippen LogP contribution is -2.30. The smallest absolute Gasteiger partial charge is 0.342 e. The number of amides is 1. The molecule has 7 heteroatoms. The number of hydrogen-bond acceptors (Lipinski definition) is 5. The average molecular weight is 424 g/mol. The predicted octanol–water partition coefficient (Wildman–Crippen LogP) is 3.61. The number of aryl methyl sites for hydroxylation is 1. The highest BCUT2D eigenvalue weighted by Crippen LogP contribution is 2.17. The molecule has 0 atom stereocenters. The summed E-state index contributed by atoms with van der Waals surface area (Å²) in [5.41, 5.74) is 2.82. The molecule has 1 N–H and O–H groups in total. The lowest BCUT2D eigenvalue weighted by Gasteiger charge is -2.08. The Balaban J connectivity index is 1.46. The fourth-order valence-electron chi connectivity index (χ4n) is 3.03. The van der Waals surface area contributed by atoms with Gasteiger partial charge in [-0.25, -0.2) is 4.79 Å². The third-order valence-electron chi connectivity index (χ3n) is 4.53. The number of hydrogen-bond donors (Lipinski definition) is 1. The Kier molecular flexibility index (Phi) is 7.68. The minimum atomic E-state index is -0.530. The van der Waals surface area contributed by atoms with Crippen LogP contribution in [-0.2, 0) is 16.1 Å². The zero-order valence-electron chi connectivity index (χ0n) is 17.1. The van der Waals surface area contributed by atoms with E-state index in [2.05, 4.69) is 10.4 Å². The number of thioether (sulfide) groups is 1.